The van der Waals surface area contributed by atoms with Crippen LogP contribution in [0.2, 0.25) is 5.02 Å². The molecule has 0 aliphatic carbocycles. The summed E-state index contributed by atoms with van der Waals surface area (Å²) in [5, 5.41) is 1.04. The van der Waals surface area contributed by atoms with Gasteiger partial charge in [0.05, 0.1) is 12.0 Å². The highest BCUT2D eigenvalue weighted by Gasteiger charge is 2.21. The van der Waals surface area contributed by atoms with Gasteiger partial charge in [-0.25, -0.2) is 18.1 Å². The molecule has 2 N–H and O–H groups in total. The first-order chi connectivity index (χ1) is 11.4. The second-order valence-electron chi connectivity index (χ2n) is 4.72. The Morgan fingerprint density at radius 3 is 2.88 bits per heavy atom. The summed E-state index contributed by atoms with van der Waals surface area (Å²) in [4.78, 5) is 11.8. The monoisotopic (exact) mass is 384 g/mol. The Hall–Kier alpha value is -1.97. The Balaban J connectivity index is 1.99. The molecule has 0 unspecified atom stereocenters. The van der Waals surface area contributed by atoms with E-state index in [9.17, 15) is 8.42 Å². The number of aromatic nitrogens is 3. The molecule has 0 atom stereocenters. The minimum Gasteiger partial charge on any atom is -0.480 e. The molecule has 0 saturated heterocycles. The van der Waals surface area contributed by atoms with Crippen molar-refractivity contribution in [1.82, 2.24) is 15.0 Å². The van der Waals surface area contributed by atoms with Gasteiger partial charge in [-0.3, -0.25) is 0 Å². The Morgan fingerprint density at radius 2 is 2.17 bits per heavy atom. The molecular formula is C14H13ClN4O3S2. The van der Waals surface area contributed by atoms with E-state index in [-0.39, 0.29) is 10.8 Å². The first kappa shape index (κ1) is 16.9. The van der Waals surface area contributed by atoms with Crippen molar-refractivity contribution in [2.24, 2.45) is 0 Å². The van der Waals surface area contributed by atoms with Crippen LogP contribution >= 0.6 is 23.4 Å². The van der Waals surface area contributed by atoms with Gasteiger partial charge in [-0.2, -0.15) is 4.98 Å². The lowest BCUT2D eigenvalue weighted by atomic mass is 10.2. The maximum Gasteiger partial charge on any atom is 0.266 e. The van der Waals surface area contributed by atoms with Gasteiger partial charge in [-0.15, -0.1) is 11.8 Å². The molecule has 126 valence electrons. The summed E-state index contributed by atoms with van der Waals surface area (Å²) in [5.41, 5.74) is 0.624. The zero-order chi connectivity index (χ0) is 17.3. The van der Waals surface area contributed by atoms with Gasteiger partial charge in [0, 0.05) is 28.3 Å². The van der Waals surface area contributed by atoms with Gasteiger partial charge in [0.15, 0.2) is 0 Å². The zero-order valence-corrected chi connectivity index (χ0v) is 15.1. The number of methoxy groups -OCH3 is 1. The predicted octanol–water partition coefficient (Wildman–Crippen LogP) is 3.14. The van der Waals surface area contributed by atoms with E-state index in [0.717, 1.165) is 0 Å². The van der Waals surface area contributed by atoms with Gasteiger partial charge in [-0.05, 0) is 24.5 Å². The first-order valence-corrected chi connectivity index (χ1v) is 9.77. The van der Waals surface area contributed by atoms with Crippen molar-refractivity contribution in [3.8, 4) is 5.88 Å². The van der Waals surface area contributed by atoms with Crippen LogP contribution in [0.1, 0.15) is 0 Å². The normalized spacial score (nSPS) is 11.6. The third-order valence-electron chi connectivity index (χ3n) is 3.26. The molecule has 1 aromatic carbocycles. The molecule has 24 heavy (non-hydrogen) atoms. The summed E-state index contributed by atoms with van der Waals surface area (Å²) in [6.07, 6.45) is 4.75. The Kier molecular flexibility index (Phi) is 4.57. The van der Waals surface area contributed by atoms with Crippen LogP contribution in [0.5, 0.6) is 5.88 Å². The quantitative estimate of drug-likeness (QED) is 0.656. The lowest BCUT2D eigenvalue weighted by Gasteiger charge is -2.09. The second-order valence-corrected chi connectivity index (χ2v) is 7.65. The number of halogens is 1. The molecule has 2 heterocycles. The number of hydrogen-bond acceptors (Lipinski definition) is 6. The summed E-state index contributed by atoms with van der Waals surface area (Å²) in [5.74, 6) is 0.244. The number of fused-ring (bicyclic) bond motifs is 1. The molecule has 0 saturated carbocycles. The number of nitrogens with zero attached hydrogens (tertiary/aromatic N) is 2. The number of aromatic amines is 1. The zero-order valence-electron chi connectivity index (χ0n) is 12.7. The SMILES string of the molecule is COc1nc(NS(=O)(=O)c2c[nH]c3cc(Cl)ccc23)ncc1SC. The van der Waals surface area contributed by atoms with E-state index in [1.54, 1.807) is 18.2 Å². The maximum atomic E-state index is 12.6. The maximum absolute atomic E-state index is 12.6. The molecule has 10 heteroatoms. The lowest BCUT2D eigenvalue weighted by Crippen LogP contribution is -2.15. The summed E-state index contributed by atoms with van der Waals surface area (Å²) >= 11 is 7.32. The molecule has 2 aromatic heterocycles. The van der Waals surface area contributed by atoms with Crippen molar-refractivity contribution in [2.45, 2.75) is 9.79 Å². The highest BCUT2D eigenvalue weighted by molar-refractivity contribution is 7.98. The Labute approximate surface area is 147 Å². The second kappa shape index (κ2) is 6.50. The summed E-state index contributed by atoms with van der Waals surface area (Å²) in [6, 6.07) is 4.92. The van der Waals surface area contributed by atoms with Crippen molar-refractivity contribution in [1.29, 1.82) is 0 Å². The van der Waals surface area contributed by atoms with E-state index >= 15 is 0 Å². The number of benzene rings is 1. The molecule has 3 rings (SSSR count). The minimum absolute atomic E-state index is 0.0621. The summed E-state index contributed by atoms with van der Waals surface area (Å²) < 4.78 is 32.8. The predicted molar refractivity (Wildman–Crippen MR) is 94.5 cm³/mol. The van der Waals surface area contributed by atoms with E-state index in [2.05, 4.69) is 19.7 Å². The van der Waals surface area contributed by atoms with Gasteiger partial charge in [-0.1, -0.05) is 11.6 Å². The number of thioether (sulfide) groups is 1. The van der Waals surface area contributed by atoms with Gasteiger partial charge in [0.2, 0.25) is 11.8 Å². The topological polar surface area (TPSA) is 97.0 Å². The van der Waals surface area contributed by atoms with Crippen molar-refractivity contribution in [2.75, 3.05) is 18.1 Å². The minimum atomic E-state index is -3.87. The smallest absolute Gasteiger partial charge is 0.266 e. The van der Waals surface area contributed by atoms with Crippen LogP contribution in [-0.4, -0.2) is 36.7 Å². The van der Waals surface area contributed by atoms with Crippen LogP contribution in [0.15, 0.2) is 40.4 Å². The highest BCUT2D eigenvalue weighted by Crippen LogP contribution is 2.28. The number of H-pyrrole nitrogens is 1. The van der Waals surface area contributed by atoms with E-state index in [1.165, 1.54) is 31.3 Å². The van der Waals surface area contributed by atoms with Crippen molar-refractivity contribution in [3.63, 3.8) is 0 Å². The number of anilines is 1. The number of ether oxygens (including phenoxy) is 1. The van der Waals surface area contributed by atoms with E-state index < -0.39 is 10.0 Å². The third kappa shape index (κ3) is 3.14. The van der Waals surface area contributed by atoms with Gasteiger partial charge < -0.3 is 9.72 Å². The molecular weight excluding hydrogens is 372 g/mol. The Morgan fingerprint density at radius 1 is 1.38 bits per heavy atom. The molecule has 0 spiro atoms. The molecule has 0 amide bonds. The van der Waals surface area contributed by atoms with Crippen LogP contribution in [-0.2, 0) is 10.0 Å². The average Bonchev–Trinajstić information content (AvgIpc) is 2.98. The summed E-state index contributed by atoms with van der Waals surface area (Å²) in [7, 11) is -2.40. The number of nitrogens with one attached hydrogen (secondary N) is 2. The molecule has 3 aromatic rings. The van der Waals surface area contributed by atoms with Crippen molar-refractivity contribution >= 4 is 50.2 Å². The first-order valence-electron chi connectivity index (χ1n) is 6.69. The fraction of sp³-hybridized carbons (Fsp3) is 0.143. The van der Waals surface area contributed by atoms with Crippen LogP contribution in [0, 0.1) is 0 Å². The highest BCUT2D eigenvalue weighted by atomic mass is 35.5. The standard InChI is InChI=1S/C14H13ClN4O3S2/c1-22-13-11(23-2)6-17-14(18-13)19-24(20,21)12-7-16-10-5-8(15)3-4-9(10)12/h3-7,16H,1-2H3,(H,17,18,19). The fourth-order valence-corrected chi connectivity index (χ4v) is 3.92. The van der Waals surface area contributed by atoms with Crippen LogP contribution in [0.25, 0.3) is 10.9 Å². The number of sulfonamides is 1. The Bertz CT molecular complexity index is 1000. The largest absolute Gasteiger partial charge is 0.480 e. The number of rotatable bonds is 5. The molecule has 7 nitrogen and oxygen atoms in total. The van der Waals surface area contributed by atoms with Crippen LogP contribution in [0.4, 0.5) is 5.95 Å². The average molecular weight is 385 g/mol. The van der Waals surface area contributed by atoms with Crippen molar-refractivity contribution in [3.05, 3.63) is 35.6 Å². The number of hydrogen-bond donors (Lipinski definition) is 2. The summed E-state index contributed by atoms with van der Waals surface area (Å²) in [6.45, 7) is 0. The van der Waals surface area contributed by atoms with Gasteiger partial charge in [0.1, 0.15) is 4.90 Å². The third-order valence-corrected chi connectivity index (χ3v) is 5.58. The van der Waals surface area contributed by atoms with Crippen LogP contribution in [0.3, 0.4) is 0 Å². The van der Waals surface area contributed by atoms with E-state index in [4.69, 9.17) is 16.3 Å². The van der Waals surface area contributed by atoms with E-state index in [0.29, 0.717) is 26.7 Å². The van der Waals surface area contributed by atoms with Gasteiger partial charge in [0.25, 0.3) is 10.0 Å². The fourth-order valence-electron chi connectivity index (χ4n) is 2.16. The molecule has 0 fully saturated rings. The lowest BCUT2D eigenvalue weighted by molar-refractivity contribution is 0.386. The van der Waals surface area contributed by atoms with Crippen LogP contribution < -0.4 is 9.46 Å². The van der Waals surface area contributed by atoms with Gasteiger partial charge >= 0.3 is 0 Å². The molecule has 0 aliphatic rings. The molecule has 0 bridgehead atoms. The molecule has 0 aliphatic heterocycles. The van der Waals surface area contributed by atoms with E-state index in [1.807, 2.05) is 6.26 Å². The van der Waals surface area contributed by atoms with Crippen molar-refractivity contribution < 1.29 is 13.2 Å². The molecule has 0 radical (unpaired) electrons.